The maximum atomic E-state index is 6.30. The highest BCUT2D eigenvalue weighted by molar-refractivity contribution is 5.82. The molecule has 1 saturated heterocycles. The maximum Gasteiger partial charge on any atom is 0.151 e. The third kappa shape index (κ3) is 1.34. The van der Waals surface area contributed by atoms with Crippen molar-refractivity contribution in [3.8, 4) is 11.1 Å². The first-order valence-electron chi connectivity index (χ1n) is 7.33. The predicted molar refractivity (Wildman–Crippen MR) is 82.9 cm³/mol. The largest absolute Gasteiger partial charge is 0.351 e. The quantitative estimate of drug-likeness (QED) is 0.585. The fraction of sp³-hybridized carbons (Fsp3) is 0.100. The second-order valence-corrected chi connectivity index (χ2v) is 5.74. The Balaban J connectivity index is 1.75. The van der Waals surface area contributed by atoms with Crippen LogP contribution in [0.25, 0.3) is 11.1 Å². The molecule has 21 heavy (non-hydrogen) atoms. The number of hydrogen-bond acceptors (Lipinski definition) is 1. The topological polar surface area (TPSA) is 12.5 Å². The van der Waals surface area contributed by atoms with Crippen molar-refractivity contribution in [1.82, 2.24) is 0 Å². The molecule has 0 unspecified atom stereocenters. The lowest BCUT2D eigenvalue weighted by Gasteiger charge is -2.08. The Hall–Kier alpha value is -2.38. The maximum absolute atomic E-state index is 6.30. The molecule has 1 aliphatic carbocycles. The average molecular weight is 270 g/mol. The fourth-order valence-electron chi connectivity index (χ4n) is 3.72. The van der Waals surface area contributed by atoms with Crippen LogP contribution in [0, 0.1) is 0 Å². The van der Waals surface area contributed by atoms with Crippen LogP contribution >= 0.6 is 0 Å². The summed E-state index contributed by atoms with van der Waals surface area (Å²) >= 11 is 0. The SMILES string of the molecule is c1ccc([C@@H]2OC23c2ccccc2-c2ccccc23)cc1. The van der Waals surface area contributed by atoms with Gasteiger partial charge >= 0.3 is 0 Å². The van der Waals surface area contributed by atoms with E-state index in [2.05, 4.69) is 78.9 Å². The average Bonchev–Trinajstić information content (AvgIpc) is 3.25. The van der Waals surface area contributed by atoms with Gasteiger partial charge in [-0.2, -0.15) is 0 Å². The lowest BCUT2D eigenvalue weighted by molar-refractivity contribution is 0.333. The Morgan fingerprint density at radius 2 is 1.14 bits per heavy atom. The molecule has 5 rings (SSSR count). The van der Waals surface area contributed by atoms with Crippen LogP contribution in [-0.4, -0.2) is 0 Å². The summed E-state index contributed by atoms with van der Waals surface area (Å²) < 4.78 is 6.30. The number of benzene rings is 3. The van der Waals surface area contributed by atoms with Crippen molar-refractivity contribution in [2.45, 2.75) is 11.7 Å². The van der Waals surface area contributed by atoms with E-state index < -0.39 is 0 Å². The number of ether oxygens (including phenoxy) is 1. The van der Waals surface area contributed by atoms with E-state index in [1.165, 1.54) is 27.8 Å². The summed E-state index contributed by atoms with van der Waals surface area (Å²) in [5, 5.41) is 0. The van der Waals surface area contributed by atoms with Crippen LogP contribution in [0.2, 0.25) is 0 Å². The van der Waals surface area contributed by atoms with Crippen LogP contribution < -0.4 is 0 Å². The molecule has 0 bridgehead atoms. The fourth-order valence-corrected chi connectivity index (χ4v) is 3.72. The molecule has 3 aromatic rings. The Labute approximate surface area is 123 Å². The van der Waals surface area contributed by atoms with Crippen LogP contribution in [0.15, 0.2) is 78.9 Å². The summed E-state index contributed by atoms with van der Waals surface area (Å²) in [4.78, 5) is 0. The molecule has 1 heteroatoms. The number of epoxide rings is 1. The van der Waals surface area contributed by atoms with Gasteiger partial charge in [0.15, 0.2) is 5.60 Å². The second kappa shape index (κ2) is 3.84. The molecule has 1 nitrogen and oxygen atoms in total. The molecule has 1 heterocycles. The molecule has 1 spiro atoms. The van der Waals surface area contributed by atoms with Gasteiger partial charge in [-0.05, 0) is 27.8 Å². The van der Waals surface area contributed by atoms with Gasteiger partial charge < -0.3 is 4.74 Å². The first-order chi connectivity index (χ1) is 10.4. The molecule has 0 saturated carbocycles. The van der Waals surface area contributed by atoms with Gasteiger partial charge in [0, 0.05) is 0 Å². The van der Waals surface area contributed by atoms with Crippen LogP contribution in [-0.2, 0) is 10.3 Å². The highest BCUT2D eigenvalue weighted by Gasteiger charge is 2.63. The van der Waals surface area contributed by atoms with E-state index in [0.29, 0.717) is 0 Å². The Bertz CT molecular complexity index is 790. The summed E-state index contributed by atoms with van der Waals surface area (Å²) in [6.07, 6.45) is 0.128. The van der Waals surface area contributed by atoms with Gasteiger partial charge in [-0.3, -0.25) is 0 Å². The zero-order valence-electron chi connectivity index (χ0n) is 11.5. The molecule has 100 valence electrons. The normalized spacial score (nSPS) is 20.1. The van der Waals surface area contributed by atoms with Crippen molar-refractivity contribution >= 4 is 0 Å². The van der Waals surface area contributed by atoms with Crippen molar-refractivity contribution in [3.05, 3.63) is 95.6 Å². The van der Waals surface area contributed by atoms with Crippen molar-refractivity contribution < 1.29 is 4.74 Å². The van der Waals surface area contributed by atoms with Gasteiger partial charge in [0.25, 0.3) is 0 Å². The number of fused-ring (bicyclic) bond motifs is 5. The minimum Gasteiger partial charge on any atom is -0.351 e. The van der Waals surface area contributed by atoms with Gasteiger partial charge in [0.2, 0.25) is 0 Å². The Morgan fingerprint density at radius 1 is 0.619 bits per heavy atom. The number of hydrogen-bond donors (Lipinski definition) is 0. The van der Waals surface area contributed by atoms with Crippen molar-refractivity contribution in [2.24, 2.45) is 0 Å². The van der Waals surface area contributed by atoms with E-state index in [1.807, 2.05) is 0 Å². The zero-order valence-corrected chi connectivity index (χ0v) is 11.5. The van der Waals surface area contributed by atoms with Gasteiger partial charge in [-0.25, -0.2) is 0 Å². The standard InChI is InChI=1S/C20H14O/c1-2-8-14(9-3-1)19-20(21-19)17-12-6-4-10-15(17)16-11-5-7-13-18(16)20/h1-13,19H/t19-/m0/s1. The minimum atomic E-state index is -0.269. The summed E-state index contributed by atoms with van der Waals surface area (Å²) in [5.74, 6) is 0. The van der Waals surface area contributed by atoms with E-state index in [0.717, 1.165) is 0 Å². The summed E-state index contributed by atoms with van der Waals surface area (Å²) in [6.45, 7) is 0. The van der Waals surface area contributed by atoms with E-state index in [-0.39, 0.29) is 11.7 Å². The van der Waals surface area contributed by atoms with Crippen LogP contribution in [0.3, 0.4) is 0 Å². The molecule has 0 amide bonds. The Morgan fingerprint density at radius 3 is 1.76 bits per heavy atom. The third-order valence-corrected chi connectivity index (χ3v) is 4.66. The minimum absolute atomic E-state index is 0.128. The van der Waals surface area contributed by atoms with E-state index in [9.17, 15) is 0 Å². The monoisotopic (exact) mass is 270 g/mol. The van der Waals surface area contributed by atoms with Gasteiger partial charge in [0.05, 0.1) is 0 Å². The molecule has 3 aromatic carbocycles. The summed E-state index contributed by atoms with van der Waals surface area (Å²) in [6, 6.07) is 27.8. The lowest BCUT2D eigenvalue weighted by Crippen LogP contribution is -2.07. The van der Waals surface area contributed by atoms with Crippen molar-refractivity contribution in [3.63, 3.8) is 0 Å². The van der Waals surface area contributed by atoms with Crippen LogP contribution in [0.4, 0.5) is 0 Å². The van der Waals surface area contributed by atoms with E-state index in [4.69, 9.17) is 4.74 Å². The molecule has 2 aliphatic rings. The highest BCUT2D eigenvalue weighted by atomic mass is 16.6. The molecule has 1 aliphatic heterocycles. The van der Waals surface area contributed by atoms with E-state index >= 15 is 0 Å². The highest BCUT2D eigenvalue weighted by Crippen LogP contribution is 2.67. The van der Waals surface area contributed by atoms with Crippen LogP contribution in [0.1, 0.15) is 22.8 Å². The zero-order chi connectivity index (χ0) is 13.9. The molecule has 0 radical (unpaired) electrons. The Kier molecular flexibility index (Phi) is 2.06. The molecule has 1 fully saturated rings. The third-order valence-electron chi connectivity index (χ3n) is 4.66. The molecular formula is C20H14O. The number of rotatable bonds is 1. The van der Waals surface area contributed by atoms with Gasteiger partial charge in [-0.1, -0.05) is 78.9 Å². The molecule has 1 atom stereocenters. The predicted octanol–water partition coefficient (Wildman–Crippen LogP) is 4.68. The van der Waals surface area contributed by atoms with Gasteiger partial charge in [0.1, 0.15) is 6.10 Å². The first-order valence-corrected chi connectivity index (χ1v) is 7.33. The summed E-state index contributed by atoms with van der Waals surface area (Å²) in [7, 11) is 0. The van der Waals surface area contributed by atoms with Crippen LogP contribution in [0.5, 0.6) is 0 Å². The van der Waals surface area contributed by atoms with E-state index in [1.54, 1.807) is 0 Å². The van der Waals surface area contributed by atoms with Crippen molar-refractivity contribution in [2.75, 3.05) is 0 Å². The summed E-state index contributed by atoms with van der Waals surface area (Å²) in [5.41, 5.74) is 6.22. The van der Waals surface area contributed by atoms with Crippen molar-refractivity contribution in [1.29, 1.82) is 0 Å². The smallest absolute Gasteiger partial charge is 0.151 e. The molecular weight excluding hydrogens is 256 g/mol. The lowest BCUT2D eigenvalue weighted by atomic mass is 9.90. The first kappa shape index (κ1) is 11.3. The molecule has 0 aromatic heterocycles. The van der Waals surface area contributed by atoms with Gasteiger partial charge in [-0.15, -0.1) is 0 Å². The molecule has 0 N–H and O–H groups in total. The second-order valence-electron chi connectivity index (χ2n) is 5.74.